The van der Waals surface area contributed by atoms with Crippen molar-refractivity contribution in [2.45, 2.75) is 31.2 Å². The minimum Gasteiger partial charge on any atom is -0.480 e. The predicted octanol–water partition coefficient (Wildman–Crippen LogP) is 1.32. The highest BCUT2D eigenvalue weighted by Crippen LogP contribution is 2.11. The zero-order valence-corrected chi connectivity index (χ0v) is 13.0. The molecule has 0 saturated carbocycles. The van der Waals surface area contributed by atoms with Crippen LogP contribution in [0.4, 0.5) is 0 Å². The molecule has 0 saturated heterocycles. The second-order valence-electron chi connectivity index (χ2n) is 5.29. The van der Waals surface area contributed by atoms with Gasteiger partial charge in [-0.05, 0) is 36.6 Å². The van der Waals surface area contributed by atoms with Gasteiger partial charge in [0, 0.05) is 11.8 Å². The maximum Gasteiger partial charge on any atom is 0.326 e. The smallest absolute Gasteiger partial charge is 0.326 e. The fraction of sp³-hybridized carbons (Fsp3) is 0.429. The molecular weight excluding hydrogens is 294 g/mol. The summed E-state index contributed by atoms with van der Waals surface area (Å²) < 4.78 is 22.6. The molecule has 0 aliphatic rings. The SMILES string of the molecule is CC(C)C[C@@H](NC(=O)c1ccc(S(C)(=O)=O)cc1)C(=O)O. The molecule has 1 aromatic rings. The maximum absolute atomic E-state index is 12.0. The van der Waals surface area contributed by atoms with E-state index in [-0.39, 0.29) is 16.4 Å². The van der Waals surface area contributed by atoms with Gasteiger partial charge in [-0.2, -0.15) is 0 Å². The van der Waals surface area contributed by atoms with Gasteiger partial charge >= 0.3 is 5.97 Å². The summed E-state index contributed by atoms with van der Waals surface area (Å²) in [4.78, 5) is 23.2. The van der Waals surface area contributed by atoms with Crippen LogP contribution in [-0.2, 0) is 14.6 Å². The summed E-state index contributed by atoms with van der Waals surface area (Å²) in [5, 5.41) is 11.5. The molecule has 2 N–H and O–H groups in total. The van der Waals surface area contributed by atoms with Crippen LogP contribution in [0, 0.1) is 5.92 Å². The molecule has 1 amide bonds. The Morgan fingerprint density at radius 1 is 1.19 bits per heavy atom. The number of aliphatic carboxylic acids is 1. The van der Waals surface area contributed by atoms with E-state index in [4.69, 9.17) is 5.11 Å². The number of amides is 1. The van der Waals surface area contributed by atoms with Gasteiger partial charge in [0.25, 0.3) is 5.91 Å². The van der Waals surface area contributed by atoms with Crippen LogP contribution in [0.25, 0.3) is 0 Å². The molecule has 116 valence electrons. The quantitative estimate of drug-likeness (QED) is 0.825. The first kappa shape index (κ1) is 17.2. The number of rotatable bonds is 6. The summed E-state index contributed by atoms with van der Waals surface area (Å²) in [6, 6.07) is 4.40. The number of carboxylic acids is 1. The molecule has 0 heterocycles. The average Bonchev–Trinajstić information content (AvgIpc) is 2.36. The van der Waals surface area contributed by atoms with Crippen LogP contribution in [0.2, 0.25) is 0 Å². The Kier molecular flexibility index (Phi) is 5.48. The van der Waals surface area contributed by atoms with Crippen molar-refractivity contribution in [1.29, 1.82) is 0 Å². The van der Waals surface area contributed by atoms with Gasteiger partial charge in [-0.15, -0.1) is 0 Å². The van der Waals surface area contributed by atoms with Crippen molar-refractivity contribution in [2.24, 2.45) is 5.92 Å². The van der Waals surface area contributed by atoms with E-state index < -0.39 is 27.8 Å². The molecule has 0 bridgehead atoms. The Morgan fingerprint density at radius 2 is 1.71 bits per heavy atom. The molecule has 0 fully saturated rings. The summed E-state index contributed by atoms with van der Waals surface area (Å²) in [5.74, 6) is -1.51. The number of benzene rings is 1. The molecule has 7 heteroatoms. The van der Waals surface area contributed by atoms with E-state index >= 15 is 0 Å². The second-order valence-corrected chi connectivity index (χ2v) is 7.31. The maximum atomic E-state index is 12.0. The number of hydrogen-bond acceptors (Lipinski definition) is 4. The van der Waals surface area contributed by atoms with E-state index in [9.17, 15) is 18.0 Å². The van der Waals surface area contributed by atoms with E-state index in [1.807, 2.05) is 13.8 Å². The largest absolute Gasteiger partial charge is 0.480 e. The molecule has 0 aromatic heterocycles. The van der Waals surface area contributed by atoms with Crippen LogP contribution in [-0.4, -0.2) is 37.7 Å². The van der Waals surface area contributed by atoms with Gasteiger partial charge < -0.3 is 10.4 Å². The van der Waals surface area contributed by atoms with E-state index in [1.165, 1.54) is 24.3 Å². The first-order valence-electron chi connectivity index (χ1n) is 6.45. The van der Waals surface area contributed by atoms with Gasteiger partial charge in [-0.3, -0.25) is 4.79 Å². The van der Waals surface area contributed by atoms with Crippen molar-refractivity contribution in [3.05, 3.63) is 29.8 Å². The van der Waals surface area contributed by atoms with Crippen LogP contribution < -0.4 is 5.32 Å². The number of carboxylic acid groups (broad SMARTS) is 1. The Labute approximate surface area is 124 Å². The van der Waals surface area contributed by atoms with Crippen LogP contribution >= 0.6 is 0 Å². The lowest BCUT2D eigenvalue weighted by Gasteiger charge is -2.16. The molecule has 1 rings (SSSR count). The van der Waals surface area contributed by atoms with Crippen molar-refractivity contribution in [3.8, 4) is 0 Å². The van der Waals surface area contributed by atoms with Gasteiger partial charge in [0.2, 0.25) is 0 Å². The van der Waals surface area contributed by atoms with Gasteiger partial charge in [0.15, 0.2) is 9.84 Å². The van der Waals surface area contributed by atoms with Gasteiger partial charge in [-0.1, -0.05) is 13.8 Å². The number of carbonyl (C=O) groups excluding carboxylic acids is 1. The Balaban J connectivity index is 2.86. The molecule has 1 aromatic carbocycles. The van der Waals surface area contributed by atoms with Crippen molar-refractivity contribution in [1.82, 2.24) is 5.32 Å². The lowest BCUT2D eigenvalue weighted by Crippen LogP contribution is -2.41. The van der Waals surface area contributed by atoms with Crippen molar-refractivity contribution >= 4 is 21.7 Å². The third-order valence-electron chi connectivity index (χ3n) is 2.86. The van der Waals surface area contributed by atoms with E-state index in [0.717, 1.165) is 6.26 Å². The topological polar surface area (TPSA) is 101 Å². The van der Waals surface area contributed by atoms with Crippen LogP contribution in [0.15, 0.2) is 29.2 Å². The molecule has 6 nitrogen and oxygen atoms in total. The fourth-order valence-electron chi connectivity index (χ4n) is 1.79. The third-order valence-corrected chi connectivity index (χ3v) is 3.98. The molecule has 0 spiro atoms. The highest BCUT2D eigenvalue weighted by Gasteiger charge is 2.21. The third kappa shape index (κ3) is 5.18. The minimum atomic E-state index is -3.32. The summed E-state index contributed by atoms with van der Waals surface area (Å²) in [6.07, 6.45) is 1.40. The second kappa shape index (κ2) is 6.71. The fourth-order valence-corrected chi connectivity index (χ4v) is 2.42. The van der Waals surface area contributed by atoms with E-state index in [1.54, 1.807) is 0 Å². The molecular formula is C14H19NO5S. The lowest BCUT2D eigenvalue weighted by atomic mass is 10.0. The first-order valence-corrected chi connectivity index (χ1v) is 8.34. The van der Waals surface area contributed by atoms with Crippen molar-refractivity contribution < 1.29 is 23.1 Å². The molecule has 21 heavy (non-hydrogen) atoms. The van der Waals surface area contributed by atoms with Crippen LogP contribution in [0.1, 0.15) is 30.6 Å². The highest BCUT2D eigenvalue weighted by atomic mass is 32.2. The molecule has 0 radical (unpaired) electrons. The molecule has 0 aliphatic heterocycles. The van der Waals surface area contributed by atoms with Gasteiger partial charge in [0.1, 0.15) is 6.04 Å². The summed E-state index contributed by atoms with van der Waals surface area (Å²) in [7, 11) is -3.32. The molecule has 1 atom stereocenters. The summed E-state index contributed by atoms with van der Waals surface area (Å²) >= 11 is 0. The summed E-state index contributed by atoms with van der Waals surface area (Å²) in [5.41, 5.74) is 0.220. The number of nitrogens with one attached hydrogen (secondary N) is 1. The Bertz CT molecular complexity index is 619. The van der Waals surface area contributed by atoms with Crippen molar-refractivity contribution in [2.75, 3.05) is 6.26 Å². The van der Waals surface area contributed by atoms with Gasteiger partial charge in [0.05, 0.1) is 4.90 Å². The van der Waals surface area contributed by atoms with Crippen LogP contribution in [0.3, 0.4) is 0 Å². The zero-order chi connectivity index (χ0) is 16.2. The number of sulfone groups is 1. The standard InChI is InChI=1S/C14H19NO5S/c1-9(2)8-12(14(17)18)15-13(16)10-4-6-11(7-5-10)21(3,19)20/h4-7,9,12H,8H2,1-3H3,(H,15,16)(H,17,18)/t12-/m1/s1. The molecule has 0 aliphatic carbocycles. The summed E-state index contributed by atoms with van der Waals surface area (Å²) in [6.45, 7) is 3.73. The Hall–Kier alpha value is -1.89. The minimum absolute atomic E-state index is 0.107. The van der Waals surface area contributed by atoms with E-state index in [2.05, 4.69) is 5.32 Å². The highest BCUT2D eigenvalue weighted by molar-refractivity contribution is 7.90. The van der Waals surface area contributed by atoms with Gasteiger partial charge in [-0.25, -0.2) is 13.2 Å². The number of carbonyl (C=O) groups is 2. The first-order chi connectivity index (χ1) is 9.61. The van der Waals surface area contributed by atoms with Crippen molar-refractivity contribution in [3.63, 3.8) is 0 Å². The Morgan fingerprint density at radius 3 is 2.10 bits per heavy atom. The zero-order valence-electron chi connectivity index (χ0n) is 12.2. The normalized spacial score (nSPS) is 13.0. The predicted molar refractivity (Wildman–Crippen MR) is 77.9 cm³/mol. The van der Waals surface area contributed by atoms with Crippen LogP contribution in [0.5, 0.6) is 0 Å². The molecule has 0 unspecified atom stereocenters. The number of hydrogen-bond donors (Lipinski definition) is 2. The lowest BCUT2D eigenvalue weighted by molar-refractivity contribution is -0.139. The average molecular weight is 313 g/mol. The monoisotopic (exact) mass is 313 g/mol. The van der Waals surface area contributed by atoms with E-state index in [0.29, 0.717) is 6.42 Å².